The molecule has 9 nitrogen and oxygen atoms in total. The fraction of sp³-hybridized carbons (Fsp3) is 0.425. The van der Waals surface area contributed by atoms with Crippen molar-refractivity contribution in [2.45, 2.75) is 70.6 Å². The standard InChI is InChI=1S/C40H48O9/c1-30(28-44-2)39(42)48-26-6-4-3-5-25-46-37-20-16-35(17-21-37)40(43)49-38-22-14-34(15-23-38)32-10-8-31(9-11-32)33-12-18-36(19-13-33)47-27-7-24-45-29-41/h8,10,12,14,16-18,20-22,29H,1,3-7,9,11,13,15,19,23-28H2,2H3. The molecule has 262 valence electrons. The number of rotatable bonds is 21. The zero-order valence-corrected chi connectivity index (χ0v) is 28.5. The van der Waals surface area contributed by atoms with Crippen molar-refractivity contribution in [3.63, 3.8) is 0 Å². The summed E-state index contributed by atoms with van der Waals surface area (Å²) in [7, 11) is 1.51. The molecule has 3 aliphatic carbocycles. The lowest BCUT2D eigenvalue weighted by Gasteiger charge is -2.23. The van der Waals surface area contributed by atoms with Gasteiger partial charge in [0.2, 0.25) is 0 Å². The summed E-state index contributed by atoms with van der Waals surface area (Å²) in [4.78, 5) is 34.7. The predicted octanol–water partition coefficient (Wildman–Crippen LogP) is 7.96. The number of ether oxygens (including phenoxy) is 6. The van der Waals surface area contributed by atoms with Gasteiger partial charge < -0.3 is 28.4 Å². The second-order valence-electron chi connectivity index (χ2n) is 12.1. The minimum Gasteiger partial charge on any atom is -0.498 e. The van der Waals surface area contributed by atoms with Crippen molar-refractivity contribution in [2.24, 2.45) is 0 Å². The molecule has 3 aliphatic rings. The second kappa shape index (κ2) is 20.7. The number of hydrogen-bond donors (Lipinski definition) is 0. The number of methoxy groups -OCH3 is 1. The molecule has 0 saturated heterocycles. The lowest BCUT2D eigenvalue weighted by atomic mass is 9.85. The van der Waals surface area contributed by atoms with Crippen molar-refractivity contribution in [1.29, 1.82) is 0 Å². The molecule has 9 heteroatoms. The Bertz CT molecular complexity index is 1490. The molecule has 0 N–H and O–H groups in total. The second-order valence-corrected chi connectivity index (χ2v) is 12.1. The zero-order valence-electron chi connectivity index (χ0n) is 28.5. The van der Waals surface area contributed by atoms with Gasteiger partial charge in [-0.05, 0) is 110 Å². The van der Waals surface area contributed by atoms with Crippen molar-refractivity contribution in [3.05, 3.63) is 112 Å². The topological polar surface area (TPSA) is 107 Å². The van der Waals surface area contributed by atoms with Crippen LogP contribution in [0.4, 0.5) is 0 Å². The molecule has 0 atom stereocenters. The van der Waals surface area contributed by atoms with Crippen molar-refractivity contribution < 1.29 is 42.8 Å². The molecule has 0 fully saturated rings. The van der Waals surface area contributed by atoms with Crippen LogP contribution in [0.1, 0.15) is 81.0 Å². The highest BCUT2D eigenvalue weighted by Gasteiger charge is 2.19. The van der Waals surface area contributed by atoms with Crippen LogP contribution in [-0.2, 0) is 33.3 Å². The first-order valence-corrected chi connectivity index (χ1v) is 17.1. The van der Waals surface area contributed by atoms with Crippen molar-refractivity contribution in [3.8, 4) is 5.75 Å². The van der Waals surface area contributed by atoms with E-state index in [2.05, 4.69) is 37.0 Å². The number of unbranched alkanes of at least 4 members (excludes halogenated alkanes) is 3. The van der Waals surface area contributed by atoms with E-state index in [1.807, 2.05) is 6.08 Å². The van der Waals surface area contributed by atoms with Gasteiger partial charge in [0.1, 0.15) is 11.5 Å². The van der Waals surface area contributed by atoms with Gasteiger partial charge in [0.05, 0.1) is 49.9 Å². The Morgan fingerprint density at radius 1 is 0.673 bits per heavy atom. The molecule has 4 rings (SSSR count). The van der Waals surface area contributed by atoms with E-state index in [9.17, 15) is 14.4 Å². The van der Waals surface area contributed by atoms with Crippen LogP contribution in [0.25, 0.3) is 0 Å². The smallest absolute Gasteiger partial charge is 0.343 e. The first kappa shape index (κ1) is 37.2. The molecule has 0 radical (unpaired) electrons. The van der Waals surface area contributed by atoms with Gasteiger partial charge in [-0.1, -0.05) is 30.9 Å². The molecule has 0 saturated carbocycles. The molecule has 0 aromatic heterocycles. The number of esters is 2. The van der Waals surface area contributed by atoms with Gasteiger partial charge in [0.15, 0.2) is 0 Å². The summed E-state index contributed by atoms with van der Waals surface area (Å²) in [6.07, 6.45) is 22.2. The van der Waals surface area contributed by atoms with E-state index in [1.54, 1.807) is 24.3 Å². The van der Waals surface area contributed by atoms with Crippen LogP contribution in [0.5, 0.6) is 5.75 Å². The number of benzene rings is 1. The van der Waals surface area contributed by atoms with E-state index in [4.69, 9.17) is 28.4 Å². The van der Waals surface area contributed by atoms with Gasteiger partial charge in [0, 0.05) is 26.4 Å². The molecule has 0 heterocycles. The van der Waals surface area contributed by atoms with Gasteiger partial charge in [-0.2, -0.15) is 0 Å². The lowest BCUT2D eigenvalue weighted by molar-refractivity contribution is -0.139. The summed E-state index contributed by atoms with van der Waals surface area (Å²) in [6.45, 7) is 6.13. The zero-order chi connectivity index (χ0) is 34.7. The van der Waals surface area contributed by atoms with Gasteiger partial charge in [-0.3, -0.25) is 4.79 Å². The highest BCUT2D eigenvalue weighted by molar-refractivity contribution is 5.90. The molecule has 1 aromatic carbocycles. The Morgan fingerprint density at radius 3 is 1.82 bits per heavy atom. The molecule has 0 spiro atoms. The molecule has 0 amide bonds. The van der Waals surface area contributed by atoms with E-state index >= 15 is 0 Å². The predicted molar refractivity (Wildman–Crippen MR) is 187 cm³/mol. The summed E-state index contributed by atoms with van der Waals surface area (Å²) >= 11 is 0. The monoisotopic (exact) mass is 672 g/mol. The van der Waals surface area contributed by atoms with Gasteiger partial charge in [-0.25, -0.2) is 9.59 Å². The maximum absolute atomic E-state index is 12.8. The summed E-state index contributed by atoms with van der Waals surface area (Å²) in [5.74, 6) is 1.56. The number of hydrogen-bond acceptors (Lipinski definition) is 9. The van der Waals surface area contributed by atoms with Crippen LogP contribution >= 0.6 is 0 Å². The van der Waals surface area contributed by atoms with Crippen molar-refractivity contribution >= 4 is 18.4 Å². The van der Waals surface area contributed by atoms with E-state index in [0.29, 0.717) is 68.4 Å². The minimum atomic E-state index is -0.412. The largest absolute Gasteiger partial charge is 0.498 e. The molecule has 0 unspecified atom stereocenters. The van der Waals surface area contributed by atoms with Crippen LogP contribution in [0.2, 0.25) is 0 Å². The van der Waals surface area contributed by atoms with Crippen LogP contribution < -0.4 is 4.74 Å². The van der Waals surface area contributed by atoms with E-state index in [1.165, 1.54) is 29.4 Å². The fourth-order valence-corrected chi connectivity index (χ4v) is 5.66. The van der Waals surface area contributed by atoms with Gasteiger partial charge in [0.25, 0.3) is 6.47 Å². The Labute approximate surface area is 289 Å². The normalized spacial score (nSPS) is 15.7. The summed E-state index contributed by atoms with van der Waals surface area (Å²) in [5, 5.41) is 0. The van der Waals surface area contributed by atoms with Crippen LogP contribution in [-0.4, -0.2) is 58.6 Å². The highest BCUT2D eigenvalue weighted by atomic mass is 16.5. The third-order valence-electron chi connectivity index (χ3n) is 8.42. The third-order valence-corrected chi connectivity index (χ3v) is 8.42. The van der Waals surface area contributed by atoms with Crippen molar-refractivity contribution in [2.75, 3.05) is 40.1 Å². The molecule has 0 aliphatic heterocycles. The van der Waals surface area contributed by atoms with Crippen molar-refractivity contribution in [1.82, 2.24) is 0 Å². The first-order chi connectivity index (χ1) is 24.0. The highest BCUT2D eigenvalue weighted by Crippen LogP contribution is 2.35. The Hall–Kier alpha value is -4.63. The van der Waals surface area contributed by atoms with Crippen LogP contribution in [0.15, 0.2) is 107 Å². The number of allylic oxidation sites excluding steroid dienone is 12. The molecule has 1 aromatic rings. The third kappa shape index (κ3) is 12.7. The van der Waals surface area contributed by atoms with E-state index in [-0.39, 0.29) is 12.6 Å². The SMILES string of the molecule is C=C(COC)C(=O)OCCCCCCOc1ccc(C(=O)OC2=CC=C(C3=CC=C(C4=CC=C(OCCCOC=O)CC4)CC3)CC2)cc1. The average molecular weight is 673 g/mol. The maximum atomic E-state index is 12.8. The summed E-state index contributed by atoms with van der Waals surface area (Å²) in [6, 6.07) is 7.03. The van der Waals surface area contributed by atoms with Gasteiger partial charge in [-0.15, -0.1) is 0 Å². The Morgan fingerprint density at radius 2 is 1.24 bits per heavy atom. The van der Waals surface area contributed by atoms with E-state index < -0.39 is 5.97 Å². The maximum Gasteiger partial charge on any atom is 0.343 e. The fourth-order valence-electron chi connectivity index (χ4n) is 5.66. The Balaban J connectivity index is 1.14. The minimum absolute atomic E-state index is 0.176. The molecular formula is C40H48O9. The number of carbonyl (C=O) groups excluding carboxylic acids is 3. The van der Waals surface area contributed by atoms with Gasteiger partial charge >= 0.3 is 11.9 Å². The van der Waals surface area contributed by atoms with E-state index in [0.717, 1.165) is 63.5 Å². The summed E-state index contributed by atoms with van der Waals surface area (Å²) < 4.78 is 32.1. The molecule has 49 heavy (non-hydrogen) atoms. The Kier molecular flexibility index (Phi) is 15.7. The van der Waals surface area contributed by atoms with Crippen LogP contribution in [0, 0.1) is 0 Å². The average Bonchev–Trinajstić information content (AvgIpc) is 3.13. The first-order valence-electron chi connectivity index (χ1n) is 17.1. The summed E-state index contributed by atoms with van der Waals surface area (Å²) in [5.41, 5.74) is 6.15. The van der Waals surface area contributed by atoms with Crippen LogP contribution in [0.3, 0.4) is 0 Å². The quantitative estimate of drug-likeness (QED) is 0.0423. The molecule has 0 bridgehead atoms. The molecular weight excluding hydrogens is 624 g/mol. The lowest BCUT2D eigenvalue weighted by Crippen LogP contribution is -2.11. The number of carbonyl (C=O) groups is 3.